The summed E-state index contributed by atoms with van der Waals surface area (Å²) in [4.78, 5) is 10.6. The molecule has 2 nitrogen and oxygen atoms in total. The van der Waals surface area contributed by atoms with Crippen LogP contribution in [0.1, 0.15) is 42.3 Å². The van der Waals surface area contributed by atoms with Gasteiger partial charge in [-0.25, -0.2) is 0 Å². The highest BCUT2D eigenvalue weighted by molar-refractivity contribution is 5.74. The second kappa shape index (κ2) is 4.81. The van der Waals surface area contributed by atoms with Gasteiger partial charge in [-0.05, 0) is 22.6 Å². The second-order valence-electron chi connectivity index (χ2n) is 5.68. The molecule has 0 aliphatic heterocycles. The fourth-order valence-electron chi connectivity index (χ4n) is 1.95. The van der Waals surface area contributed by atoms with Crippen LogP contribution in [0.15, 0.2) is 42.7 Å². The number of aldehydes is 1. The number of nitrogens with zero attached hydrogens (tertiary/aromatic N) is 1. The van der Waals surface area contributed by atoms with Gasteiger partial charge in [-0.15, -0.1) is 0 Å². The third kappa shape index (κ3) is 2.89. The van der Waals surface area contributed by atoms with Crippen LogP contribution in [0.4, 0.5) is 0 Å². The number of carbonyl (C=O) groups excluding carboxylic acids is 1. The van der Waals surface area contributed by atoms with Gasteiger partial charge in [-0.2, -0.15) is 0 Å². The Balaban J connectivity index is 2.13. The van der Waals surface area contributed by atoms with Crippen LogP contribution in [0.5, 0.6) is 0 Å². The van der Waals surface area contributed by atoms with E-state index in [0.29, 0.717) is 0 Å². The van der Waals surface area contributed by atoms with E-state index in [1.165, 1.54) is 11.1 Å². The standard InChI is InChI=1S/C16H19NO/c1-16(2,3)15-6-4-13(5-7-15)10-17-9-8-14(11-17)12-18/h4-9,11-12H,10H2,1-3H3. The first-order valence-electron chi connectivity index (χ1n) is 6.19. The van der Waals surface area contributed by atoms with E-state index in [2.05, 4.69) is 45.0 Å². The van der Waals surface area contributed by atoms with E-state index in [1.807, 2.05) is 23.0 Å². The SMILES string of the molecule is CC(C)(C)c1ccc(Cn2ccc(C=O)c2)cc1. The molecule has 0 N–H and O–H groups in total. The Kier molecular flexibility index (Phi) is 3.37. The average Bonchev–Trinajstić information content (AvgIpc) is 2.76. The Morgan fingerprint density at radius 2 is 1.78 bits per heavy atom. The monoisotopic (exact) mass is 241 g/mol. The molecule has 18 heavy (non-hydrogen) atoms. The van der Waals surface area contributed by atoms with Crippen LogP contribution in [0, 0.1) is 0 Å². The predicted octanol–water partition coefficient (Wildman–Crippen LogP) is 3.65. The van der Waals surface area contributed by atoms with Crippen LogP contribution in [0.3, 0.4) is 0 Å². The van der Waals surface area contributed by atoms with Gasteiger partial charge in [0.15, 0.2) is 6.29 Å². The molecule has 0 spiro atoms. The van der Waals surface area contributed by atoms with E-state index in [0.717, 1.165) is 18.4 Å². The maximum atomic E-state index is 10.6. The summed E-state index contributed by atoms with van der Waals surface area (Å²) in [7, 11) is 0. The minimum absolute atomic E-state index is 0.191. The van der Waals surface area contributed by atoms with Gasteiger partial charge < -0.3 is 4.57 Å². The molecule has 0 unspecified atom stereocenters. The average molecular weight is 241 g/mol. The Labute approximate surface area is 108 Å². The smallest absolute Gasteiger partial charge is 0.151 e. The van der Waals surface area contributed by atoms with Gasteiger partial charge in [0.2, 0.25) is 0 Å². The zero-order valence-corrected chi connectivity index (χ0v) is 11.2. The van der Waals surface area contributed by atoms with Crippen molar-refractivity contribution in [1.82, 2.24) is 4.57 Å². The van der Waals surface area contributed by atoms with Crippen LogP contribution in [0.25, 0.3) is 0 Å². The fourth-order valence-corrected chi connectivity index (χ4v) is 1.95. The summed E-state index contributed by atoms with van der Waals surface area (Å²) >= 11 is 0. The van der Waals surface area contributed by atoms with E-state index in [1.54, 1.807) is 0 Å². The number of rotatable bonds is 3. The molecular formula is C16H19NO. The quantitative estimate of drug-likeness (QED) is 0.752. The first-order valence-corrected chi connectivity index (χ1v) is 6.19. The van der Waals surface area contributed by atoms with Crippen molar-refractivity contribution in [3.8, 4) is 0 Å². The maximum Gasteiger partial charge on any atom is 0.151 e. The largest absolute Gasteiger partial charge is 0.349 e. The molecule has 0 aliphatic rings. The summed E-state index contributed by atoms with van der Waals surface area (Å²) in [6.07, 6.45) is 4.67. The molecule has 2 heteroatoms. The van der Waals surface area contributed by atoms with Crippen molar-refractivity contribution in [1.29, 1.82) is 0 Å². The van der Waals surface area contributed by atoms with Crippen molar-refractivity contribution < 1.29 is 4.79 Å². The first kappa shape index (κ1) is 12.6. The molecule has 1 aromatic heterocycles. The summed E-state index contributed by atoms with van der Waals surface area (Å²) < 4.78 is 2.02. The molecule has 0 fully saturated rings. The highest BCUT2D eigenvalue weighted by Gasteiger charge is 2.12. The van der Waals surface area contributed by atoms with Crippen LogP contribution in [-0.2, 0) is 12.0 Å². The van der Waals surface area contributed by atoms with Crippen molar-refractivity contribution in [2.24, 2.45) is 0 Å². The molecule has 0 saturated heterocycles. The molecule has 2 aromatic rings. The molecule has 0 bridgehead atoms. The lowest BCUT2D eigenvalue weighted by molar-refractivity contribution is 0.112. The molecule has 94 valence electrons. The van der Waals surface area contributed by atoms with Gasteiger partial charge in [-0.3, -0.25) is 4.79 Å². The molecule has 0 saturated carbocycles. The molecule has 2 rings (SSSR count). The summed E-state index contributed by atoms with van der Waals surface area (Å²) in [6, 6.07) is 10.5. The highest BCUT2D eigenvalue weighted by Crippen LogP contribution is 2.22. The van der Waals surface area contributed by atoms with Crippen molar-refractivity contribution in [2.75, 3.05) is 0 Å². The number of hydrogen-bond donors (Lipinski definition) is 0. The summed E-state index contributed by atoms with van der Waals surface area (Å²) in [5, 5.41) is 0. The Morgan fingerprint density at radius 3 is 2.28 bits per heavy atom. The molecule has 0 radical (unpaired) electrons. The zero-order valence-electron chi connectivity index (χ0n) is 11.2. The van der Waals surface area contributed by atoms with Crippen molar-refractivity contribution in [3.63, 3.8) is 0 Å². The maximum absolute atomic E-state index is 10.6. The van der Waals surface area contributed by atoms with Crippen molar-refractivity contribution in [2.45, 2.75) is 32.7 Å². The van der Waals surface area contributed by atoms with E-state index in [9.17, 15) is 4.79 Å². The number of aromatic nitrogens is 1. The molecule has 1 aromatic carbocycles. The summed E-state index contributed by atoms with van der Waals surface area (Å²) in [6.45, 7) is 7.44. The molecule has 0 amide bonds. The molecular weight excluding hydrogens is 222 g/mol. The van der Waals surface area contributed by atoms with Gasteiger partial charge in [0.05, 0.1) is 0 Å². The van der Waals surface area contributed by atoms with Gasteiger partial charge >= 0.3 is 0 Å². The van der Waals surface area contributed by atoms with E-state index in [-0.39, 0.29) is 5.41 Å². The predicted molar refractivity (Wildman–Crippen MR) is 74.1 cm³/mol. The van der Waals surface area contributed by atoms with Crippen molar-refractivity contribution in [3.05, 3.63) is 59.4 Å². The van der Waals surface area contributed by atoms with E-state index in [4.69, 9.17) is 0 Å². The Morgan fingerprint density at radius 1 is 1.11 bits per heavy atom. The fraction of sp³-hybridized carbons (Fsp3) is 0.312. The lowest BCUT2D eigenvalue weighted by atomic mass is 9.87. The second-order valence-corrected chi connectivity index (χ2v) is 5.68. The first-order chi connectivity index (χ1) is 8.49. The van der Waals surface area contributed by atoms with E-state index < -0.39 is 0 Å². The number of hydrogen-bond acceptors (Lipinski definition) is 1. The summed E-state index contributed by atoms with van der Waals surface area (Å²) in [5.74, 6) is 0. The molecule has 0 atom stereocenters. The Hall–Kier alpha value is -1.83. The van der Waals surface area contributed by atoms with Crippen molar-refractivity contribution >= 4 is 6.29 Å². The van der Waals surface area contributed by atoms with Crippen LogP contribution in [0.2, 0.25) is 0 Å². The third-order valence-electron chi connectivity index (χ3n) is 3.09. The Bertz CT molecular complexity index is 529. The number of carbonyl (C=O) groups is 1. The minimum atomic E-state index is 0.191. The van der Waals surface area contributed by atoms with Crippen LogP contribution in [-0.4, -0.2) is 10.9 Å². The number of benzene rings is 1. The molecule has 0 aliphatic carbocycles. The minimum Gasteiger partial charge on any atom is -0.349 e. The van der Waals surface area contributed by atoms with Gasteiger partial charge in [0.25, 0.3) is 0 Å². The normalized spacial score (nSPS) is 11.5. The summed E-state index contributed by atoms with van der Waals surface area (Å²) in [5.41, 5.74) is 3.50. The van der Waals surface area contributed by atoms with E-state index >= 15 is 0 Å². The van der Waals surface area contributed by atoms with Gasteiger partial charge in [0, 0.05) is 24.5 Å². The lowest BCUT2D eigenvalue weighted by Gasteiger charge is -2.19. The van der Waals surface area contributed by atoms with Crippen LogP contribution < -0.4 is 0 Å². The lowest BCUT2D eigenvalue weighted by Crippen LogP contribution is -2.10. The highest BCUT2D eigenvalue weighted by atomic mass is 16.1. The van der Waals surface area contributed by atoms with Gasteiger partial charge in [0.1, 0.15) is 0 Å². The molecule has 1 heterocycles. The zero-order chi connectivity index (χ0) is 13.2. The van der Waals surface area contributed by atoms with Gasteiger partial charge in [-0.1, -0.05) is 45.0 Å². The third-order valence-corrected chi connectivity index (χ3v) is 3.09. The topological polar surface area (TPSA) is 22.0 Å². The van der Waals surface area contributed by atoms with Crippen LogP contribution >= 0.6 is 0 Å².